The van der Waals surface area contributed by atoms with Gasteiger partial charge in [0.05, 0.1) is 44.9 Å². The number of hydrogen-bond acceptors (Lipinski definition) is 9. The number of rotatable bonds is 23. The lowest BCUT2D eigenvalue weighted by Crippen LogP contribution is -3.11. The van der Waals surface area contributed by atoms with Crippen LogP contribution >= 0.6 is 8.03 Å². The van der Waals surface area contributed by atoms with Crippen LogP contribution in [0.25, 0.3) is 22.6 Å². The van der Waals surface area contributed by atoms with Gasteiger partial charge in [-0.05, 0) is 131 Å². The van der Waals surface area contributed by atoms with Crippen LogP contribution in [0.3, 0.4) is 0 Å². The number of nitrogens with zero attached hydrogens (tertiary/aromatic N) is 4. The molecule has 4 aromatic rings. The molecule has 1 N–H and O–H groups in total. The smallest absolute Gasteiger partial charge is 0.352 e. The molecule has 13 heteroatoms. The minimum atomic E-state index is -2.40. The van der Waals surface area contributed by atoms with Crippen molar-refractivity contribution in [2.24, 2.45) is 0 Å². The molecule has 0 aliphatic carbocycles. The SMILES string of the molecule is CC[NH+](CC)CC.COc1ccc(C(OCCCCCCn2c3nc(=O)n(CCCCCC[P+](=O)[O-])c(=O)c-3nc3cc(C)c(C)cc32)(c2ccccc2)c2ccc(OC)cc2)cc1. The van der Waals surface area contributed by atoms with Crippen LogP contribution in [0.4, 0.5) is 0 Å². The van der Waals surface area contributed by atoms with E-state index in [1.165, 1.54) is 19.6 Å². The maximum absolute atomic E-state index is 13.7. The fourth-order valence-electron chi connectivity index (χ4n) is 8.19. The summed E-state index contributed by atoms with van der Waals surface area (Å²) >= 11 is 0. The van der Waals surface area contributed by atoms with Crippen molar-refractivity contribution in [3.8, 4) is 23.0 Å². The average molecular weight is 893 g/mol. The van der Waals surface area contributed by atoms with Crippen LogP contribution in [0, 0.1) is 13.8 Å². The van der Waals surface area contributed by atoms with Gasteiger partial charge in [0, 0.05) is 19.7 Å². The molecule has 0 amide bonds. The van der Waals surface area contributed by atoms with Gasteiger partial charge in [0.25, 0.3) is 5.56 Å². The lowest BCUT2D eigenvalue weighted by atomic mass is 9.80. The van der Waals surface area contributed by atoms with E-state index in [2.05, 4.69) is 68.2 Å². The zero-order chi connectivity index (χ0) is 46.1. The van der Waals surface area contributed by atoms with Gasteiger partial charge in [-0.3, -0.25) is 9.36 Å². The summed E-state index contributed by atoms with van der Waals surface area (Å²) in [4.78, 5) is 48.8. The van der Waals surface area contributed by atoms with Crippen molar-refractivity contribution in [1.82, 2.24) is 19.1 Å². The quantitative estimate of drug-likeness (QED) is 0.0295. The first-order chi connectivity index (χ1) is 31.0. The highest BCUT2D eigenvalue weighted by Crippen LogP contribution is 2.42. The van der Waals surface area contributed by atoms with Crippen molar-refractivity contribution in [3.05, 3.63) is 140 Å². The first kappa shape index (κ1) is 49.8. The van der Waals surface area contributed by atoms with E-state index in [-0.39, 0.29) is 18.4 Å². The van der Waals surface area contributed by atoms with Gasteiger partial charge in [-0.2, -0.15) is 4.98 Å². The number of benzene rings is 4. The van der Waals surface area contributed by atoms with Crippen LogP contribution in [0.2, 0.25) is 0 Å². The highest BCUT2D eigenvalue weighted by Gasteiger charge is 2.37. The molecule has 0 saturated carbocycles. The molecule has 0 fully saturated rings. The predicted molar refractivity (Wildman–Crippen MR) is 254 cm³/mol. The van der Waals surface area contributed by atoms with Gasteiger partial charge in [-0.1, -0.05) is 78.4 Å². The molecule has 0 radical (unpaired) electrons. The summed E-state index contributed by atoms with van der Waals surface area (Å²) in [7, 11) is 0.921. The van der Waals surface area contributed by atoms with E-state index in [0.29, 0.717) is 50.2 Å². The fraction of sp³-hybridized carbons (Fsp3) is 0.451. The van der Waals surface area contributed by atoms with Gasteiger partial charge in [-0.15, -0.1) is 0 Å². The summed E-state index contributed by atoms with van der Waals surface area (Å²) in [6.45, 7) is 15.8. The van der Waals surface area contributed by atoms with Crippen LogP contribution in [0.1, 0.15) is 100.0 Å². The minimum Gasteiger partial charge on any atom is -0.596 e. The number of hydrogen-bond donors (Lipinski definition) is 1. The molecular formula is C51H67N5O7P+. The molecule has 4 aromatic carbocycles. The second-order valence-electron chi connectivity index (χ2n) is 16.3. The largest absolute Gasteiger partial charge is 0.596 e. The van der Waals surface area contributed by atoms with Gasteiger partial charge < -0.3 is 28.6 Å². The summed E-state index contributed by atoms with van der Waals surface area (Å²) in [5.74, 6) is 1.83. The van der Waals surface area contributed by atoms with Crippen LogP contribution < -0.4 is 30.5 Å². The van der Waals surface area contributed by atoms with Gasteiger partial charge in [0.1, 0.15) is 23.3 Å². The number of nitrogens with one attached hydrogen (secondary N) is 1. The van der Waals surface area contributed by atoms with Crippen molar-refractivity contribution in [1.29, 1.82) is 0 Å². The Morgan fingerprint density at radius 3 is 1.70 bits per heavy atom. The molecule has 0 spiro atoms. The van der Waals surface area contributed by atoms with E-state index in [1.54, 1.807) is 19.1 Å². The van der Waals surface area contributed by atoms with E-state index >= 15 is 0 Å². The summed E-state index contributed by atoms with van der Waals surface area (Å²) in [5, 5.41) is 0. The Kier molecular flexibility index (Phi) is 19.2. The Bertz CT molecular complexity index is 2420. The standard InChI is InChI=1S/C45H51N4O7P.C6H15N/c1-32-30-39-40(31-33(32)2)48(42-41(46-39)43(50)49(44(51)47-42)27-13-6-8-15-29-57(52)53)26-12-5-7-14-28-56-45(34-16-10-9-11-17-34,35-18-22-37(54-3)23-19-35)36-20-24-38(55-4)25-21-36;1-4-7(5-2)6-3/h9-11,16-25,30-31H,5-8,12-15,26-29H2,1-4H3;4-6H2,1-3H3/p+1. The Morgan fingerprint density at radius 2 is 1.17 bits per heavy atom. The first-order valence-corrected chi connectivity index (χ1v) is 24.2. The Labute approximate surface area is 379 Å². The molecule has 2 aliphatic heterocycles. The fourth-order valence-corrected chi connectivity index (χ4v) is 8.67. The normalized spacial score (nSPS) is 11.8. The first-order valence-electron chi connectivity index (χ1n) is 22.9. The monoisotopic (exact) mass is 892 g/mol. The van der Waals surface area contributed by atoms with E-state index in [0.717, 1.165) is 75.1 Å². The maximum Gasteiger partial charge on any atom is 0.352 e. The molecule has 0 bridgehead atoms. The van der Waals surface area contributed by atoms with Crippen molar-refractivity contribution in [2.75, 3.05) is 46.6 Å². The van der Waals surface area contributed by atoms with Gasteiger partial charge >= 0.3 is 13.7 Å². The van der Waals surface area contributed by atoms with Crippen molar-refractivity contribution < 1.29 is 28.6 Å². The van der Waals surface area contributed by atoms with E-state index < -0.39 is 24.9 Å². The van der Waals surface area contributed by atoms with Crippen LogP contribution in [-0.2, 0) is 28.0 Å². The number of aryl methyl sites for hydroxylation is 3. The summed E-state index contributed by atoms with van der Waals surface area (Å²) in [6.07, 6.45) is 6.08. The van der Waals surface area contributed by atoms with Gasteiger partial charge in [-0.25, -0.2) is 9.78 Å². The molecule has 2 aliphatic rings. The molecule has 1 unspecified atom stereocenters. The lowest BCUT2D eigenvalue weighted by Gasteiger charge is -2.36. The number of quaternary nitrogens is 1. The molecule has 64 heavy (non-hydrogen) atoms. The highest BCUT2D eigenvalue weighted by atomic mass is 31.1. The van der Waals surface area contributed by atoms with Crippen molar-refractivity contribution in [2.45, 2.75) is 105 Å². The van der Waals surface area contributed by atoms with Crippen LogP contribution in [0.15, 0.2) is 101 Å². The summed E-state index contributed by atoms with van der Waals surface area (Å²) in [5.41, 5.74) is 4.90. The van der Waals surface area contributed by atoms with Crippen molar-refractivity contribution in [3.63, 3.8) is 0 Å². The highest BCUT2D eigenvalue weighted by molar-refractivity contribution is 7.36. The average Bonchev–Trinajstić information content (AvgIpc) is 3.31. The number of unbranched alkanes of at least 4 members (excludes halogenated alkanes) is 6. The van der Waals surface area contributed by atoms with Gasteiger partial charge in [0.15, 0.2) is 11.5 Å². The molecule has 342 valence electrons. The predicted octanol–water partition coefficient (Wildman–Crippen LogP) is 7.86. The minimum absolute atomic E-state index is 0.146. The Balaban J connectivity index is 0.00000102. The molecular weight excluding hydrogens is 826 g/mol. The molecule has 0 saturated heterocycles. The zero-order valence-electron chi connectivity index (χ0n) is 38.9. The third kappa shape index (κ3) is 12.5. The third-order valence-corrected chi connectivity index (χ3v) is 12.9. The van der Waals surface area contributed by atoms with Crippen LogP contribution in [-0.4, -0.2) is 65.7 Å². The third-order valence-electron chi connectivity index (χ3n) is 12.2. The number of ether oxygens (including phenoxy) is 3. The van der Waals surface area contributed by atoms with Crippen LogP contribution in [0.5, 0.6) is 11.5 Å². The van der Waals surface area contributed by atoms with Gasteiger partial charge in [0.2, 0.25) is 0 Å². The molecule has 6 rings (SSSR count). The van der Waals surface area contributed by atoms with Crippen molar-refractivity contribution >= 4 is 19.1 Å². The Morgan fingerprint density at radius 1 is 0.656 bits per heavy atom. The number of methoxy groups -OCH3 is 2. The maximum atomic E-state index is 13.7. The topological polar surface area (TPSA) is 142 Å². The number of aromatic nitrogens is 4. The second-order valence-corrected chi connectivity index (χ2v) is 17.4. The summed E-state index contributed by atoms with van der Waals surface area (Å²) in [6, 6.07) is 30.3. The molecule has 2 heterocycles. The van der Waals surface area contributed by atoms with E-state index in [9.17, 15) is 19.0 Å². The van der Waals surface area contributed by atoms with E-state index in [4.69, 9.17) is 19.2 Å². The number of fused-ring (bicyclic) bond motifs is 2. The lowest BCUT2D eigenvalue weighted by molar-refractivity contribution is -0.894. The molecule has 0 aromatic heterocycles. The summed E-state index contributed by atoms with van der Waals surface area (Å²) < 4.78 is 32.0. The van der Waals surface area contributed by atoms with E-state index in [1.807, 2.05) is 66.9 Å². The second kappa shape index (κ2) is 24.7. The molecule has 1 atom stereocenters. The molecule has 12 nitrogen and oxygen atoms in total. The zero-order valence-corrected chi connectivity index (χ0v) is 39.8. The Hall–Kier alpha value is -5.26.